The number of carbonyl (C=O) groups excluding carboxylic acids is 1. The molecule has 1 aromatic carbocycles. The average molecular weight is 213 g/mol. The molecular formula is C11H16FNO2. The lowest BCUT2D eigenvalue weighted by Gasteiger charge is -2.02. The van der Waals surface area contributed by atoms with Crippen LogP contribution in [0.4, 0.5) is 10.1 Å². The Balaban J connectivity index is 0.000000583. The second-order valence-electron chi connectivity index (χ2n) is 2.82. The van der Waals surface area contributed by atoms with Crippen molar-refractivity contribution < 1.29 is 13.9 Å². The summed E-state index contributed by atoms with van der Waals surface area (Å²) in [6.45, 7) is 4.25. The van der Waals surface area contributed by atoms with Gasteiger partial charge in [-0.25, -0.2) is 4.39 Å². The van der Waals surface area contributed by atoms with E-state index in [9.17, 15) is 9.18 Å². The molecule has 1 aromatic rings. The van der Waals surface area contributed by atoms with Crippen LogP contribution in [-0.4, -0.2) is 13.5 Å². The van der Waals surface area contributed by atoms with Gasteiger partial charge in [-0.3, -0.25) is 4.79 Å². The standard InChI is InChI=1S/C8H8FNO2.C3H8/c1-12-6-2-3-8(10-5-11)7(9)4-6;1-3-2/h2-5H,1H3,(H,10,11);3H2,1-2H3. The Bertz CT molecular complexity index is 303. The molecule has 1 rings (SSSR count). The van der Waals surface area contributed by atoms with Crippen molar-refractivity contribution in [2.45, 2.75) is 20.3 Å². The molecule has 15 heavy (non-hydrogen) atoms. The van der Waals surface area contributed by atoms with E-state index in [0.717, 1.165) is 0 Å². The highest BCUT2D eigenvalue weighted by atomic mass is 19.1. The highest BCUT2D eigenvalue weighted by Crippen LogP contribution is 2.19. The maximum atomic E-state index is 12.9. The van der Waals surface area contributed by atoms with E-state index in [0.29, 0.717) is 12.2 Å². The summed E-state index contributed by atoms with van der Waals surface area (Å²) in [6.07, 6.45) is 1.67. The quantitative estimate of drug-likeness (QED) is 0.784. The number of anilines is 1. The molecule has 0 fully saturated rings. The normalized spacial score (nSPS) is 8.53. The van der Waals surface area contributed by atoms with E-state index in [1.54, 1.807) is 6.07 Å². The molecule has 3 nitrogen and oxygen atoms in total. The van der Waals surface area contributed by atoms with Crippen LogP contribution in [0.3, 0.4) is 0 Å². The molecular weight excluding hydrogens is 197 g/mol. The van der Waals surface area contributed by atoms with Gasteiger partial charge in [0.15, 0.2) is 0 Å². The number of carbonyl (C=O) groups is 1. The molecule has 0 saturated heterocycles. The number of methoxy groups -OCH3 is 1. The zero-order chi connectivity index (χ0) is 11.7. The van der Waals surface area contributed by atoms with Gasteiger partial charge in [-0.15, -0.1) is 0 Å². The van der Waals surface area contributed by atoms with Crippen LogP contribution in [0.15, 0.2) is 18.2 Å². The maximum Gasteiger partial charge on any atom is 0.211 e. The third-order valence-electron chi connectivity index (χ3n) is 1.39. The predicted octanol–water partition coefficient (Wildman–Crippen LogP) is 2.82. The van der Waals surface area contributed by atoms with Gasteiger partial charge in [0.2, 0.25) is 6.41 Å². The van der Waals surface area contributed by atoms with E-state index in [4.69, 9.17) is 4.74 Å². The van der Waals surface area contributed by atoms with Crippen LogP contribution in [0.1, 0.15) is 20.3 Å². The molecule has 0 atom stereocenters. The van der Waals surface area contributed by atoms with E-state index < -0.39 is 5.82 Å². The summed E-state index contributed by atoms with van der Waals surface area (Å²) in [5.74, 6) is -0.0922. The van der Waals surface area contributed by atoms with Crippen molar-refractivity contribution in [3.05, 3.63) is 24.0 Å². The number of hydrogen-bond donors (Lipinski definition) is 1. The van der Waals surface area contributed by atoms with Crippen molar-refractivity contribution in [1.29, 1.82) is 0 Å². The number of halogens is 1. The van der Waals surface area contributed by atoms with Gasteiger partial charge in [-0.1, -0.05) is 20.3 Å². The first-order valence-electron chi connectivity index (χ1n) is 4.73. The molecule has 0 radical (unpaired) electrons. The fraction of sp³-hybridized carbons (Fsp3) is 0.364. The molecule has 0 aliphatic carbocycles. The zero-order valence-corrected chi connectivity index (χ0v) is 9.21. The summed E-state index contributed by atoms with van der Waals surface area (Å²) in [4.78, 5) is 9.97. The maximum absolute atomic E-state index is 12.9. The third kappa shape index (κ3) is 5.00. The fourth-order valence-electron chi connectivity index (χ4n) is 0.803. The monoisotopic (exact) mass is 213 g/mol. The number of ether oxygens (including phenoxy) is 1. The van der Waals surface area contributed by atoms with Crippen molar-refractivity contribution in [2.24, 2.45) is 0 Å². The van der Waals surface area contributed by atoms with Crippen LogP contribution in [-0.2, 0) is 4.79 Å². The minimum Gasteiger partial charge on any atom is -0.497 e. The van der Waals surface area contributed by atoms with E-state index in [1.165, 1.54) is 25.7 Å². The molecule has 0 aliphatic heterocycles. The third-order valence-corrected chi connectivity index (χ3v) is 1.39. The number of hydrogen-bond acceptors (Lipinski definition) is 2. The van der Waals surface area contributed by atoms with Crippen molar-refractivity contribution in [3.63, 3.8) is 0 Å². The van der Waals surface area contributed by atoms with Gasteiger partial charge in [0.1, 0.15) is 11.6 Å². The second-order valence-corrected chi connectivity index (χ2v) is 2.82. The lowest BCUT2D eigenvalue weighted by molar-refractivity contribution is -0.105. The SMILES string of the molecule is CCC.COc1ccc(NC=O)c(F)c1. The van der Waals surface area contributed by atoms with Crippen LogP contribution in [0, 0.1) is 5.82 Å². The summed E-state index contributed by atoms with van der Waals surface area (Å²) in [5.41, 5.74) is 0.144. The Morgan fingerprint density at radius 1 is 1.47 bits per heavy atom. The van der Waals surface area contributed by atoms with Crippen LogP contribution >= 0.6 is 0 Å². The van der Waals surface area contributed by atoms with Crippen LogP contribution in [0.25, 0.3) is 0 Å². The van der Waals surface area contributed by atoms with Crippen LogP contribution in [0.2, 0.25) is 0 Å². The van der Waals surface area contributed by atoms with Crippen LogP contribution < -0.4 is 10.1 Å². The van der Waals surface area contributed by atoms with Crippen molar-refractivity contribution in [1.82, 2.24) is 0 Å². The first-order valence-corrected chi connectivity index (χ1v) is 4.73. The largest absolute Gasteiger partial charge is 0.497 e. The summed E-state index contributed by atoms with van der Waals surface area (Å²) >= 11 is 0. The Morgan fingerprint density at radius 3 is 2.47 bits per heavy atom. The van der Waals surface area contributed by atoms with E-state index in [1.807, 2.05) is 0 Å². The Hall–Kier alpha value is -1.58. The summed E-state index contributed by atoms with van der Waals surface area (Å²) in [6, 6.07) is 4.20. The predicted molar refractivity (Wildman–Crippen MR) is 58.6 cm³/mol. The molecule has 0 heterocycles. The number of amides is 1. The number of nitrogens with one attached hydrogen (secondary N) is 1. The highest BCUT2D eigenvalue weighted by molar-refractivity contribution is 5.71. The lowest BCUT2D eigenvalue weighted by atomic mass is 10.3. The molecule has 0 bridgehead atoms. The topological polar surface area (TPSA) is 38.3 Å². The molecule has 0 unspecified atom stereocenters. The van der Waals surface area contributed by atoms with Gasteiger partial charge in [0.25, 0.3) is 0 Å². The van der Waals surface area contributed by atoms with Gasteiger partial charge < -0.3 is 10.1 Å². The lowest BCUT2D eigenvalue weighted by Crippen LogP contribution is -1.97. The van der Waals surface area contributed by atoms with E-state index in [2.05, 4.69) is 19.2 Å². The van der Waals surface area contributed by atoms with E-state index >= 15 is 0 Å². The minimum absolute atomic E-state index is 0.144. The van der Waals surface area contributed by atoms with Gasteiger partial charge >= 0.3 is 0 Å². The Labute approximate surface area is 89.3 Å². The second kappa shape index (κ2) is 7.79. The molecule has 0 spiro atoms. The van der Waals surface area contributed by atoms with Crippen molar-refractivity contribution in [2.75, 3.05) is 12.4 Å². The summed E-state index contributed by atoms with van der Waals surface area (Å²) in [7, 11) is 1.45. The first-order chi connectivity index (χ1) is 7.19. The number of rotatable bonds is 3. The summed E-state index contributed by atoms with van der Waals surface area (Å²) < 4.78 is 17.7. The van der Waals surface area contributed by atoms with Gasteiger partial charge in [-0.05, 0) is 12.1 Å². The molecule has 1 amide bonds. The summed E-state index contributed by atoms with van der Waals surface area (Å²) in [5, 5.41) is 2.22. The fourth-order valence-corrected chi connectivity index (χ4v) is 0.803. The molecule has 84 valence electrons. The smallest absolute Gasteiger partial charge is 0.211 e. The number of benzene rings is 1. The highest BCUT2D eigenvalue weighted by Gasteiger charge is 2.01. The Kier molecular flexibility index (Phi) is 6.97. The van der Waals surface area contributed by atoms with Gasteiger partial charge in [0.05, 0.1) is 12.8 Å². The molecule has 1 N–H and O–H groups in total. The average Bonchev–Trinajstić information content (AvgIpc) is 2.22. The van der Waals surface area contributed by atoms with Gasteiger partial charge in [-0.2, -0.15) is 0 Å². The van der Waals surface area contributed by atoms with Crippen molar-refractivity contribution >= 4 is 12.1 Å². The molecule has 4 heteroatoms. The first kappa shape index (κ1) is 13.4. The minimum atomic E-state index is -0.513. The zero-order valence-electron chi connectivity index (χ0n) is 9.21. The molecule has 0 aromatic heterocycles. The van der Waals surface area contributed by atoms with Crippen LogP contribution in [0.5, 0.6) is 5.75 Å². The Morgan fingerprint density at radius 2 is 2.07 bits per heavy atom. The van der Waals surface area contributed by atoms with E-state index in [-0.39, 0.29) is 5.69 Å². The van der Waals surface area contributed by atoms with Crippen molar-refractivity contribution in [3.8, 4) is 5.75 Å². The van der Waals surface area contributed by atoms with Gasteiger partial charge in [0, 0.05) is 6.07 Å². The molecule has 0 saturated carbocycles. The molecule has 0 aliphatic rings.